The van der Waals surface area contributed by atoms with E-state index in [0.29, 0.717) is 6.42 Å². The van der Waals surface area contributed by atoms with Crippen LogP contribution >= 0.6 is 0 Å². The van der Waals surface area contributed by atoms with Crippen molar-refractivity contribution in [3.05, 3.63) is 6.92 Å². The minimum Gasteiger partial charge on any atom is -0.340 e. The molecule has 0 heterocycles. The van der Waals surface area contributed by atoms with Crippen molar-refractivity contribution in [2.75, 3.05) is 0 Å². The van der Waals surface area contributed by atoms with Crippen molar-refractivity contribution < 1.29 is 29.6 Å². The van der Waals surface area contributed by atoms with E-state index in [4.69, 9.17) is 11.5 Å². The van der Waals surface area contributed by atoms with Crippen molar-refractivity contribution in [3.63, 3.8) is 0 Å². The summed E-state index contributed by atoms with van der Waals surface area (Å²) < 4.78 is 0. The minimum atomic E-state index is -0.519. The first-order valence-electron chi connectivity index (χ1n) is 2.99. The number of hydrogen-bond acceptors (Lipinski definition) is 2. The van der Waals surface area contributed by atoms with Crippen LogP contribution in [0.3, 0.4) is 0 Å². The van der Waals surface area contributed by atoms with Gasteiger partial charge < -0.3 is 18.4 Å². The van der Waals surface area contributed by atoms with Gasteiger partial charge in [-0.2, -0.15) is 6.42 Å². The van der Waals surface area contributed by atoms with Crippen molar-refractivity contribution in [2.24, 2.45) is 11.5 Å². The van der Waals surface area contributed by atoms with Crippen LogP contribution in [-0.4, -0.2) is 5.66 Å². The third-order valence-corrected chi connectivity index (χ3v) is 1.18. The zero-order valence-corrected chi connectivity index (χ0v) is 8.48. The molecule has 0 atom stereocenters. The van der Waals surface area contributed by atoms with Crippen molar-refractivity contribution in [1.29, 1.82) is 0 Å². The molecule has 0 saturated carbocycles. The van der Waals surface area contributed by atoms with E-state index in [0.717, 1.165) is 12.8 Å². The zero-order chi connectivity index (χ0) is 6.62. The van der Waals surface area contributed by atoms with Gasteiger partial charge in [0.25, 0.3) is 0 Å². The predicted molar refractivity (Wildman–Crippen MR) is 36.0 cm³/mol. The van der Waals surface area contributed by atoms with Gasteiger partial charge in [0.05, 0.1) is 0 Å². The first-order valence-corrected chi connectivity index (χ1v) is 2.99. The van der Waals surface area contributed by atoms with Gasteiger partial charge in [-0.25, -0.2) is 0 Å². The maximum atomic E-state index is 5.54. The molecule has 9 heavy (non-hydrogen) atoms. The molecule has 4 N–H and O–H groups in total. The van der Waals surface area contributed by atoms with E-state index in [1.165, 1.54) is 0 Å². The summed E-state index contributed by atoms with van der Waals surface area (Å²) in [4.78, 5) is 0. The molecule has 0 rings (SSSR count). The average molecular weight is 138 g/mol. The molecule has 0 aliphatic heterocycles. The Bertz CT molecular complexity index is 64.1. The van der Waals surface area contributed by atoms with Crippen LogP contribution in [0.2, 0.25) is 0 Å². The maximum absolute atomic E-state index is 5.54. The third-order valence-electron chi connectivity index (χ3n) is 1.18. The fourth-order valence-electron chi connectivity index (χ4n) is 0.590. The fraction of sp³-hybridized carbons (Fsp3) is 0.833. The maximum Gasteiger partial charge on any atom is 1.00 e. The third kappa shape index (κ3) is 6.81. The Morgan fingerprint density at radius 3 is 2.00 bits per heavy atom. The molecule has 0 unspecified atom stereocenters. The van der Waals surface area contributed by atoms with E-state index >= 15 is 0 Å². The molecular weight excluding hydrogens is 123 g/mol. The molecular formula is C6H15N2Na. The summed E-state index contributed by atoms with van der Waals surface area (Å²) in [5.74, 6) is 0. The van der Waals surface area contributed by atoms with Gasteiger partial charge in [-0.05, 0) is 6.42 Å². The predicted octanol–water partition coefficient (Wildman–Crippen LogP) is -2.37. The second-order valence-electron chi connectivity index (χ2n) is 2.23. The molecule has 0 aromatic rings. The molecule has 0 aliphatic carbocycles. The smallest absolute Gasteiger partial charge is 0.340 e. The number of nitrogens with two attached hydrogens (primary N) is 2. The summed E-state index contributed by atoms with van der Waals surface area (Å²) in [6.07, 6.45) is 2.50. The molecule has 50 valence electrons. The molecule has 0 amide bonds. The summed E-state index contributed by atoms with van der Waals surface area (Å²) in [5, 5.41) is 0. The van der Waals surface area contributed by atoms with Crippen LogP contribution in [0.15, 0.2) is 0 Å². The quantitative estimate of drug-likeness (QED) is 0.260. The molecule has 0 bridgehead atoms. The van der Waals surface area contributed by atoms with Crippen LogP contribution in [0.1, 0.15) is 26.2 Å². The molecule has 0 spiro atoms. The summed E-state index contributed by atoms with van der Waals surface area (Å²) in [5.41, 5.74) is 10.6. The van der Waals surface area contributed by atoms with Gasteiger partial charge in [-0.1, -0.05) is 13.3 Å². The normalized spacial score (nSPS) is 10.7. The van der Waals surface area contributed by atoms with Crippen molar-refractivity contribution in [3.8, 4) is 0 Å². The van der Waals surface area contributed by atoms with Gasteiger partial charge >= 0.3 is 29.6 Å². The molecule has 0 radical (unpaired) electrons. The largest absolute Gasteiger partial charge is 1.00 e. The van der Waals surface area contributed by atoms with E-state index in [9.17, 15) is 0 Å². The van der Waals surface area contributed by atoms with Crippen molar-refractivity contribution in [2.45, 2.75) is 31.8 Å². The van der Waals surface area contributed by atoms with Crippen LogP contribution in [0.25, 0.3) is 0 Å². The zero-order valence-electron chi connectivity index (χ0n) is 6.48. The molecule has 0 aromatic carbocycles. The topological polar surface area (TPSA) is 52.0 Å². The monoisotopic (exact) mass is 138 g/mol. The fourth-order valence-corrected chi connectivity index (χ4v) is 0.590. The standard InChI is InChI=1S/C6H15N2.Na/c1-3-5-6(7,8)4-2;/h2-5,7-8H2,1H3;/q-1;+1. The summed E-state index contributed by atoms with van der Waals surface area (Å²) >= 11 is 0. The van der Waals surface area contributed by atoms with Gasteiger partial charge in [0, 0.05) is 5.66 Å². The SMILES string of the molecule is [CH2-]CC(N)(N)CCC.[Na+]. The van der Waals surface area contributed by atoms with Crippen LogP contribution < -0.4 is 41.0 Å². The van der Waals surface area contributed by atoms with Gasteiger partial charge in [0.15, 0.2) is 0 Å². The molecule has 2 nitrogen and oxygen atoms in total. The van der Waals surface area contributed by atoms with Gasteiger partial charge in [0.2, 0.25) is 0 Å². The van der Waals surface area contributed by atoms with Crippen molar-refractivity contribution >= 4 is 0 Å². The van der Waals surface area contributed by atoms with Crippen LogP contribution in [0.5, 0.6) is 0 Å². The Kier molecular flexibility index (Phi) is 7.95. The Hall–Kier alpha value is 0.920. The summed E-state index contributed by atoms with van der Waals surface area (Å²) in [6.45, 7) is 5.69. The number of hydrogen-bond donors (Lipinski definition) is 2. The Labute approximate surface area is 79.7 Å². The molecule has 0 fully saturated rings. The van der Waals surface area contributed by atoms with E-state index in [2.05, 4.69) is 13.8 Å². The van der Waals surface area contributed by atoms with E-state index in [1.807, 2.05) is 0 Å². The van der Waals surface area contributed by atoms with E-state index < -0.39 is 5.66 Å². The van der Waals surface area contributed by atoms with Crippen molar-refractivity contribution in [1.82, 2.24) is 0 Å². The molecule has 0 aliphatic rings. The Balaban J connectivity index is 0. The summed E-state index contributed by atoms with van der Waals surface area (Å²) in [7, 11) is 0. The van der Waals surface area contributed by atoms with E-state index in [-0.39, 0.29) is 29.6 Å². The second kappa shape index (κ2) is 5.69. The van der Waals surface area contributed by atoms with Crippen LogP contribution in [0, 0.1) is 6.92 Å². The average Bonchev–Trinajstić information content (AvgIpc) is 1.67. The Morgan fingerprint density at radius 2 is 1.89 bits per heavy atom. The van der Waals surface area contributed by atoms with Gasteiger partial charge in [0.1, 0.15) is 0 Å². The first kappa shape index (κ1) is 12.6. The van der Waals surface area contributed by atoms with Gasteiger partial charge in [-0.15, -0.1) is 0 Å². The first-order chi connectivity index (χ1) is 3.62. The van der Waals surface area contributed by atoms with Crippen LogP contribution in [0.4, 0.5) is 0 Å². The second-order valence-corrected chi connectivity index (χ2v) is 2.23. The molecule has 3 heteroatoms. The van der Waals surface area contributed by atoms with Gasteiger partial charge in [-0.3, -0.25) is 0 Å². The summed E-state index contributed by atoms with van der Waals surface area (Å²) in [6, 6.07) is 0. The van der Waals surface area contributed by atoms with Crippen LogP contribution in [-0.2, 0) is 0 Å². The molecule has 0 saturated heterocycles. The molecule has 0 aromatic heterocycles. The van der Waals surface area contributed by atoms with E-state index in [1.54, 1.807) is 0 Å². The Morgan fingerprint density at radius 1 is 1.44 bits per heavy atom. The number of rotatable bonds is 3. The minimum absolute atomic E-state index is 0.